The summed E-state index contributed by atoms with van der Waals surface area (Å²) >= 11 is 0. The van der Waals surface area contributed by atoms with Crippen LogP contribution in [0, 0.1) is 0 Å². The van der Waals surface area contributed by atoms with E-state index in [0.717, 1.165) is 32.6 Å². The number of carbonyl (C=O) groups is 1. The Labute approximate surface area is 119 Å². The lowest BCUT2D eigenvalue weighted by Gasteiger charge is -2.26. The number of carboxylic acid groups (broad SMARTS) is 1. The molecular weight excluding hydrogens is 256 g/mol. The second-order valence-corrected chi connectivity index (χ2v) is 5.04. The van der Waals surface area contributed by atoms with Crippen molar-refractivity contribution in [2.75, 3.05) is 36.8 Å². The lowest BCUT2D eigenvalue weighted by Crippen LogP contribution is -2.37. The standard InChI is InChI=1S/C14H22N4O2/c1-3-17(4-2)10-5-6-18(9-10)13-7-11(14(19)20)12(15)8-16-13/h7-8,10H,3-6,9,15H2,1-2H3,(H,19,20). The number of hydrogen-bond acceptors (Lipinski definition) is 5. The van der Waals surface area contributed by atoms with Gasteiger partial charge in [-0.2, -0.15) is 0 Å². The largest absolute Gasteiger partial charge is 0.478 e. The van der Waals surface area contributed by atoms with Crippen LogP contribution in [0.5, 0.6) is 0 Å². The van der Waals surface area contributed by atoms with Crippen molar-refractivity contribution in [3.8, 4) is 0 Å². The number of aromatic nitrogens is 1. The summed E-state index contributed by atoms with van der Waals surface area (Å²) in [6.45, 7) is 8.18. The summed E-state index contributed by atoms with van der Waals surface area (Å²) in [6.07, 6.45) is 2.51. The number of aromatic carboxylic acids is 1. The van der Waals surface area contributed by atoms with Gasteiger partial charge in [0.2, 0.25) is 0 Å². The van der Waals surface area contributed by atoms with Gasteiger partial charge in [0.05, 0.1) is 17.4 Å². The number of anilines is 2. The number of rotatable bonds is 5. The van der Waals surface area contributed by atoms with E-state index in [0.29, 0.717) is 11.9 Å². The highest BCUT2D eigenvalue weighted by Gasteiger charge is 2.27. The van der Waals surface area contributed by atoms with Crippen LogP contribution in [-0.2, 0) is 0 Å². The zero-order chi connectivity index (χ0) is 14.7. The van der Waals surface area contributed by atoms with Crippen LogP contribution >= 0.6 is 0 Å². The highest BCUT2D eigenvalue weighted by molar-refractivity contribution is 5.94. The topological polar surface area (TPSA) is 82.7 Å². The molecule has 0 saturated carbocycles. The van der Waals surface area contributed by atoms with Crippen molar-refractivity contribution < 1.29 is 9.90 Å². The normalized spacial score (nSPS) is 18.8. The second kappa shape index (κ2) is 6.09. The number of nitrogens with zero attached hydrogens (tertiary/aromatic N) is 3. The summed E-state index contributed by atoms with van der Waals surface area (Å²) in [6, 6.07) is 2.08. The van der Waals surface area contributed by atoms with Gasteiger partial charge in [0.25, 0.3) is 0 Å². The van der Waals surface area contributed by atoms with Crippen LogP contribution in [0.4, 0.5) is 11.5 Å². The Morgan fingerprint density at radius 2 is 2.25 bits per heavy atom. The third-order valence-corrected chi connectivity index (χ3v) is 3.97. The number of likely N-dealkylation sites (N-methyl/N-ethyl adjacent to an activating group) is 1. The van der Waals surface area contributed by atoms with Gasteiger partial charge in [0, 0.05) is 19.1 Å². The fourth-order valence-corrected chi connectivity index (χ4v) is 2.80. The van der Waals surface area contributed by atoms with Crippen LogP contribution in [0.25, 0.3) is 0 Å². The Hall–Kier alpha value is -1.82. The Morgan fingerprint density at radius 1 is 1.55 bits per heavy atom. The van der Waals surface area contributed by atoms with Crippen molar-refractivity contribution in [1.29, 1.82) is 0 Å². The summed E-state index contributed by atoms with van der Waals surface area (Å²) in [5.41, 5.74) is 5.97. The molecule has 1 aliphatic rings. The van der Waals surface area contributed by atoms with Gasteiger partial charge in [-0.15, -0.1) is 0 Å². The predicted molar refractivity (Wildman–Crippen MR) is 79.1 cm³/mol. The third-order valence-electron chi connectivity index (χ3n) is 3.97. The summed E-state index contributed by atoms with van der Waals surface area (Å²) in [4.78, 5) is 19.9. The number of nitrogen functional groups attached to an aromatic ring is 1. The lowest BCUT2D eigenvalue weighted by atomic mass is 10.2. The molecule has 0 aromatic carbocycles. The van der Waals surface area contributed by atoms with Gasteiger partial charge in [-0.05, 0) is 25.6 Å². The van der Waals surface area contributed by atoms with Gasteiger partial charge < -0.3 is 15.7 Å². The maximum Gasteiger partial charge on any atom is 0.337 e. The molecule has 0 radical (unpaired) electrons. The summed E-state index contributed by atoms with van der Waals surface area (Å²) in [5.74, 6) is -0.308. The quantitative estimate of drug-likeness (QED) is 0.844. The van der Waals surface area contributed by atoms with Crippen LogP contribution < -0.4 is 10.6 Å². The Bertz CT molecular complexity index is 488. The van der Waals surface area contributed by atoms with Gasteiger partial charge in [-0.1, -0.05) is 13.8 Å². The predicted octanol–water partition coefficient (Wildman–Crippen LogP) is 1.28. The number of nitrogens with two attached hydrogens (primary N) is 1. The molecule has 0 amide bonds. The molecule has 110 valence electrons. The van der Waals surface area contributed by atoms with Crippen LogP contribution in [0.3, 0.4) is 0 Å². The van der Waals surface area contributed by atoms with E-state index in [1.165, 1.54) is 6.20 Å². The maximum absolute atomic E-state index is 11.1. The SMILES string of the molecule is CCN(CC)C1CCN(c2cc(C(=O)O)c(N)cn2)C1. The molecule has 0 aliphatic carbocycles. The molecule has 1 aromatic heterocycles. The fraction of sp³-hybridized carbons (Fsp3) is 0.571. The molecule has 1 aromatic rings. The molecule has 2 rings (SSSR count). The molecule has 0 spiro atoms. The van der Waals surface area contributed by atoms with Gasteiger partial charge >= 0.3 is 5.97 Å². The van der Waals surface area contributed by atoms with Gasteiger partial charge in [0.15, 0.2) is 0 Å². The number of carboxylic acids is 1. The van der Waals surface area contributed by atoms with Crippen molar-refractivity contribution in [2.45, 2.75) is 26.3 Å². The van der Waals surface area contributed by atoms with Crippen molar-refractivity contribution in [3.05, 3.63) is 17.8 Å². The average molecular weight is 278 g/mol. The Kier molecular flexibility index (Phi) is 4.44. The van der Waals surface area contributed by atoms with Crippen molar-refractivity contribution >= 4 is 17.5 Å². The first-order valence-corrected chi connectivity index (χ1v) is 7.04. The molecule has 20 heavy (non-hydrogen) atoms. The minimum Gasteiger partial charge on any atom is -0.478 e. The summed E-state index contributed by atoms with van der Waals surface area (Å²) < 4.78 is 0. The molecule has 1 aliphatic heterocycles. The lowest BCUT2D eigenvalue weighted by molar-refractivity contribution is 0.0698. The van der Waals surface area contributed by atoms with Crippen LogP contribution in [0.1, 0.15) is 30.6 Å². The third kappa shape index (κ3) is 2.85. The first-order chi connectivity index (χ1) is 9.56. The fourth-order valence-electron chi connectivity index (χ4n) is 2.80. The number of pyridine rings is 1. The van der Waals surface area contributed by atoms with Gasteiger partial charge in [-0.3, -0.25) is 4.90 Å². The molecule has 6 nitrogen and oxygen atoms in total. The molecular formula is C14H22N4O2. The zero-order valence-corrected chi connectivity index (χ0v) is 12.0. The van der Waals surface area contributed by atoms with Crippen LogP contribution in [0.2, 0.25) is 0 Å². The van der Waals surface area contributed by atoms with E-state index < -0.39 is 5.97 Å². The van der Waals surface area contributed by atoms with E-state index in [2.05, 4.69) is 28.6 Å². The first-order valence-electron chi connectivity index (χ1n) is 7.04. The van der Waals surface area contributed by atoms with E-state index in [1.807, 2.05) is 0 Å². The van der Waals surface area contributed by atoms with E-state index in [4.69, 9.17) is 10.8 Å². The first kappa shape index (κ1) is 14.6. The smallest absolute Gasteiger partial charge is 0.337 e. The summed E-state index contributed by atoms with van der Waals surface area (Å²) in [7, 11) is 0. The monoisotopic (exact) mass is 278 g/mol. The van der Waals surface area contributed by atoms with E-state index in [-0.39, 0.29) is 11.3 Å². The molecule has 1 fully saturated rings. The molecule has 2 heterocycles. The molecule has 3 N–H and O–H groups in total. The number of hydrogen-bond donors (Lipinski definition) is 2. The molecule has 1 saturated heterocycles. The molecule has 0 bridgehead atoms. The van der Waals surface area contributed by atoms with E-state index in [9.17, 15) is 4.79 Å². The molecule has 6 heteroatoms. The van der Waals surface area contributed by atoms with Crippen LogP contribution in [0.15, 0.2) is 12.3 Å². The Morgan fingerprint density at radius 3 is 2.85 bits per heavy atom. The highest BCUT2D eigenvalue weighted by atomic mass is 16.4. The summed E-state index contributed by atoms with van der Waals surface area (Å²) in [5, 5.41) is 9.11. The second-order valence-electron chi connectivity index (χ2n) is 5.04. The van der Waals surface area contributed by atoms with Crippen molar-refractivity contribution in [1.82, 2.24) is 9.88 Å². The van der Waals surface area contributed by atoms with Crippen LogP contribution in [-0.4, -0.2) is 53.2 Å². The molecule has 1 unspecified atom stereocenters. The molecule has 1 atom stereocenters. The van der Waals surface area contributed by atoms with Crippen molar-refractivity contribution in [2.24, 2.45) is 0 Å². The van der Waals surface area contributed by atoms with E-state index in [1.54, 1.807) is 6.07 Å². The van der Waals surface area contributed by atoms with Gasteiger partial charge in [0.1, 0.15) is 5.82 Å². The highest BCUT2D eigenvalue weighted by Crippen LogP contribution is 2.24. The average Bonchev–Trinajstić information content (AvgIpc) is 2.90. The van der Waals surface area contributed by atoms with Crippen molar-refractivity contribution in [3.63, 3.8) is 0 Å². The minimum atomic E-state index is -1.01. The Balaban J connectivity index is 2.14. The maximum atomic E-state index is 11.1. The van der Waals surface area contributed by atoms with Gasteiger partial charge in [-0.25, -0.2) is 9.78 Å². The van der Waals surface area contributed by atoms with E-state index >= 15 is 0 Å². The zero-order valence-electron chi connectivity index (χ0n) is 12.0. The minimum absolute atomic E-state index is 0.126.